The fourth-order valence-corrected chi connectivity index (χ4v) is 2.74. The van der Waals surface area contributed by atoms with Crippen molar-refractivity contribution in [1.29, 1.82) is 0 Å². The molecule has 0 atom stereocenters. The minimum Gasteiger partial charge on any atom is -0.495 e. The molecule has 1 N–H and O–H groups in total. The highest BCUT2D eigenvalue weighted by molar-refractivity contribution is 9.10. The maximum Gasteiger partial charge on any atom is 0.136 e. The summed E-state index contributed by atoms with van der Waals surface area (Å²) >= 11 is 3.53. The van der Waals surface area contributed by atoms with Crippen LogP contribution in [0.2, 0.25) is 0 Å². The van der Waals surface area contributed by atoms with Crippen molar-refractivity contribution in [2.24, 2.45) is 0 Å². The van der Waals surface area contributed by atoms with Crippen LogP contribution in [0.15, 0.2) is 22.7 Å². The minimum absolute atomic E-state index is 0.638. The normalized spacial score (nSPS) is 17.7. The average Bonchev–Trinajstić information content (AvgIpc) is 2.30. The third-order valence-corrected chi connectivity index (χ3v) is 3.60. The molecule has 15 heavy (non-hydrogen) atoms. The van der Waals surface area contributed by atoms with Crippen molar-refractivity contribution in [2.75, 3.05) is 20.2 Å². The molecular formula is C12H16BrNO. The van der Waals surface area contributed by atoms with E-state index >= 15 is 0 Å². The number of nitrogens with one attached hydrogen (secondary N) is 1. The number of methoxy groups -OCH3 is 1. The maximum atomic E-state index is 5.46. The number of ether oxygens (including phenoxy) is 1. The number of hydrogen-bond acceptors (Lipinski definition) is 2. The third-order valence-electron chi connectivity index (χ3n) is 2.98. The van der Waals surface area contributed by atoms with E-state index in [1.165, 1.54) is 18.4 Å². The second-order valence-corrected chi connectivity index (χ2v) is 4.74. The Bertz CT molecular complexity index is 334. The first-order chi connectivity index (χ1) is 7.33. The molecule has 0 amide bonds. The molecule has 1 heterocycles. The lowest BCUT2D eigenvalue weighted by Gasteiger charge is -2.24. The predicted octanol–water partition coefficient (Wildman–Crippen LogP) is 2.92. The molecule has 0 spiro atoms. The van der Waals surface area contributed by atoms with E-state index in [0.717, 1.165) is 23.3 Å². The minimum atomic E-state index is 0.638. The first kappa shape index (κ1) is 11.0. The largest absolute Gasteiger partial charge is 0.495 e. The zero-order chi connectivity index (χ0) is 10.7. The summed E-state index contributed by atoms with van der Waals surface area (Å²) in [4.78, 5) is 0. The number of benzene rings is 1. The molecule has 0 bridgehead atoms. The van der Waals surface area contributed by atoms with Gasteiger partial charge in [-0.1, -0.05) is 12.1 Å². The summed E-state index contributed by atoms with van der Waals surface area (Å²) in [6.07, 6.45) is 2.40. The van der Waals surface area contributed by atoms with Gasteiger partial charge in [-0.25, -0.2) is 0 Å². The van der Waals surface area contributed by atoms with Crippen molar-refractivity contribution >= 4 is 15.9 Å². The molecule has 0 aliphatic carbocycles. The molecule has 0 saturated carbocycles. The Morgan fingerprint density at radius 1 is 1.33 bits per heavy atom. The molecule has 1 aliphatic rings. The van der Waals surface area contributed by atoms with E-state index in [-0.39, 0.29) is 0 Å². The molecule has 82 valence electrons. The van der Waals surface area contributed by atoms with Gasteiger partial charge in [-0.05, 0) is 59.4 Å². The first-order valence-electron chi connectivity index (χ1n) is 5.36. The van der Waals surface area contributed by atoms with E-state index in [2.05, 4.69) is 33.4 Å². The Hall–Kier alpha value is -0.540. The molecular weight excluding hydrogens is 254 g/mol. The Morgan fingerprint density at radius 3 is 2.73 bits per heavy atom. The molecule has 0 aromatic heterocycles. The molecule has 2 rings (SSSR count). The van der Waals surface area contributed by atoms with E-state index in [4.69, 9.17) is 4.74 Å². The lowest BCUT2D eigenvalue weighted by Crippen LogP contribution is -2.26. The van der Waals surface area contributed by atoms with Crippen molar-refractivity contribution in [3.05, 3.63) is 28.2 Å². The molecule has 1 saturated heterocycles. The van der Waals surface area contributed by atoms with Gasteiger partial charge in [-0.2, -0.15) is 0 Å². The van der Waals surface area contributed by atoms with Crippen LogP contribution in [-0.2, 0) is 0 Å². The van der Waals surface area contributed by atoms with Crippen LogP contribution in [0.4, 0.5) is 0 Å². The van der Waals surface area contributed by atoms with E-state index in [9.17, 15) is 0 Å². The summed E-state index contributed by atoms with van der Waals surface area (Å²) < 4.78 is 6.52. The second kappa shape index (κ2) is 4.99. The topological polar surface area (TPSA) is 21.3 Å². The quantitative estimate of drug-likeness (QED) is 0.892. The summed E-state index contributed by atoms with van der Waals surface area (Å²) in [5, 5.41) is 3.38. The fourth-order valence-electron chi connectivity index (χ4n) is 2.20. The van der Waals surface area contributed by atoms with Crippen LogP contribution < -0.4 is 10.1 Å². The first-order valence-corrected chi connectivity index (χ1v) is 6.15. The van der Waals surface area contributed by atoms with Gasteiger partial charge in [0, 0.05) is 0 Å². The number of piperidine rings is 1. The lowest BCUT2D eigenvalue weighted by atomic mass is 9.90. The van der Waals surface area contributed by atoms with Crippen LogP contribution in [0.3, 0.4) is 0 Å². The monoisotopic (exact) mass is 269 g/mol. The van der Waals surface area contributed by atoms with Gasteiger partial charge >= 0.3 is 0 Å². The standard InChI is InChI=1S/C12H16BrNO/c1-15-12-10(3-2-4-11(12)13)9-5-7-14-8-6-9/h2-4,9,14H,5-8H2,1H3. The zero-order valence-electron chi connectivity index (χ0n) is 8.92. The van der Waals surface area contributed by atoms with Gasteiger partial charge in [-0.3, -0.25) is 0 Å². The van der Waals surface area contributed by atoms with Crippen molar-refractivity contribution in [1.82, 2.24) is 5.32 Å². The molecule has 0 radical (unpaired) electrons. The smallest absolute Gasteiger partial charge is 0.136 e. The van der Waals surface area contributed by atoms with Gasteiger partial charge in [0.25, 0.3) is 0 Å². The van der Waals surface area contributed by atoms with E-state index in [0.29, 0.717) is 5.92 Å². The van der Waals surface area contributed by atoms with E-state index in [1.54, 1.807) is 7.11 Å². The van der Waals surface area contributed by atoms with Crippen LogP contribution in [0.1, 0.15) is 24.3 Å². The maximum absolute atomic E-state index is 5.46. The third kappa shape index (κ3) is 2.34. The molecule has 1 aromatic carbocycles. The van der Waals surface area contributed by atoms with E-state index in [1.807, 2.05) is 6.07 Å². The van der Waals surface area contributed by atoms with Crippen LogP contribution >= 0.6 is 15.9 Å². The summed E-state index contributed by atoms with van der Waals surface area (Å²) in [5.41, 5.74) is 1.34. The van der Waals surface area contributed by atoms with Gasteiger partial charge in [0.15, 0.2) is 0 Å². The highest BCUT2D eigenvalue weighted by atomic mass is 79.9. The highest BCUT2D eigenvalue weighted by Crippen LogP contribution is 2.37. The Kier molecular flexibility index (Phi) is 3.65. The van der Waals surface area contributed by atoms with Crippen LogP contribution in [0.5, 0.6) is 5.75 Å². The van der Waals surface area contributed by atoms with Crippen molar-refractivity contribution in [3.8, 4) is 5.75 Å². The Balaban J connectivity index is 2.29. The van der Waals surface area contributed by atoms with Crippen molar-refractivity contribution in [3.63, 3.8) is 0 Å². The van der Waals surface area contributed by atoms with Crippen molar-refractivity contribution in [2.45, 2.75) is 18.8 Å². The van der Waals surface area contributed by atoms with Gasteiger partial charge < -0.3 is 10.1 Å². The van der Waals surface area contributed by atoms with Crippen LogP contribution in [0, 0.1) is 0 Å². The molecule has 2 nitrogen and oxygen atoms in total. The van der Waals surface area contributed by atoms with Crippen LogP contribution in [-0.4, -0.2) is 20.2 Å². The summed E-state index contributed by atoms with van der Waals surface area (Å²) in [7, 11) is 1.74. The van der Waals surface area contributed by atoms with Crippen molar-refractivity contribution < 1.29 is 4.74 Å². The summed E-state index contributed by atoms with van der Waals surface area (Å²) in [6.45, 7) is 2.22. The van der Waals surface area contributed by atoms with Gasteiger partial charge in [0.1, 0.15) is 5.75 Å². The average molecular weight is 270 g/mol. The predicted molar refractivity (Wildman–Crippen MR) is 65.5 cm³/mol. The van der Waals surface area contributed by atoms with Crippen LogP contribution in [0.25, 0.3) is 0 Å². The van der Waals surface area contributed by atoms with Gasteiger partial charge in [-0.15, -0.1) is 0 Å². The second-order valence-electron chi connectivity index (χ2n) is 3.89. The van der Waals surface area contributed by atoms with Gasteiger partial charge in [0.05, 0.1) is 11.6 Å². The Morgan fingerprint density at radius 2 is 2.07 bits per heavy atom. The SMILES string of the molecule is COc1c(Br)cccc1C1CCNCC1. The molecule has 3 heteroatoms. The molecule has 1 fully saturated rings. The molecule has 1 aliphatic heterocycles. The lowest BCUT2D eigenvalue weighted by molar-refractivity contribution is 0.389. The number of halogens is 1. The van der Waals surface area contributed by atoms with E-state index < -0.39 is 0 Å². The number of rotatable bonds is 2. The fraction of sp³-hybridized carbons (Fsp3) is 0.500. The van der Waals surface area contributed by atoms with Gasteiger partial charge in [0.2, 0.25) is 0 Å². The Labute approximate surface area is 99.1 Å². The summed E-state index contributed by atoms with van der Waals surface area (Å²) in [6, 6.07) is 6.30. The molecule has 0 unspecified atom stereocenters. The number of para-hydroxylation sites is 1. The number of hydrogen-bond donors (Lipinski definition) is 1. The molecule has 1 aromatic rings. The highest BCUT2D eigenvalue weighted by Gasteiger charge is 2.19. The zero-order valence-corrected chi connectivity index (χ0v) is 10.5. The summed E-state index contributed by atoms with van der Waals surface area (Å²) in [5.74, 6) is 1.64.